The highest BCUT2D eigenvalue weighted by atomic mass is 32.3. The monoisotopic (exact) mass is 906 g/mol. The topological polar surface area (TPSA) is 228 Å². The Bertz CT molecular complexity index is 2570. The lowest BCUT2D eigenvalue weighted by Gasteiger charge is -2.63. The highest BCUT2D eigenvalue weighted by molar-refractivity contribution is 7.79. The molecule has 9 rings (SSSR count). The van der Waals surface area contributed by atoms with Gasteiger partial charge in [-0.25, -0.2) is 4.79 Å². The number of quaternary nitrogens is 1. The van der Waals surface area contributed by atoms with E-state index in [1.165, 1.54) is 21.1 Å². The van der Waals surface area contributed by atoms with E-state index in [1.807, 2.05) is 61.4 Å². The number of nitrogens with zero attached hydrogens (tertiary/aromatic N) is 3. The van der Waals surface area contributed by atoms with Gasteiger partial charge >= 0.3 is 28.3 Å². The van der Waals surface area contributed by atoms with Crippen molar-refractivity contribution in [1.29, 1.82) is 0 Å². The smallest absolute Gasteiger partial charge is 0.394 e. The maximum absolute atomic E-state index is 15.3. The average molecular weight is 907 g/mol. The first-order valence-electron chi connectivity index (χ1n) is 21.7. The molecule has 2 bridgehead atoms. The third-order valence-corrected chi connectivity index (χ3v) is 15.3. The van der Waals surface area contributed by atoms with E-state index in [0.717, 1.165) is 39.7 Å². The number of hydrogen-bond donors (Lipinski definition) is 4. The Hall–Kier alpha value is -4.82. The summed E-state index contributed by atoms with van der Waals surface area (Å²) in [4.78, 5) is 50.7. The van der Waals surface area contributed by atoms with Gasteiger partial charge in [0.2, 0.25) is 5.60 Å². The van der Waals surface area contributed by atoms with Gasteiger partial charge in [-0.2, -0.15) is 8.42 Å². The molecule has 4 N–H and O–H groups in total. The van der Waals surface area contributed by atoms with E-state index >= 15 is 4.79 Å². The number of carbonyl (C=O) groups excluding carboxylic acids is 3. The molecule has 2 fully saturated rings. The Morgan fingerprint density at radius 3 is 2.38 bits per heavy atom. The molecule has 6 heterocycles. The highest BCUT2D eigenvalue weighted by Gasteiger charge is 2.80. The minimum Gasteiger partial charge on any atom is -0.633 e. The number of H-pyrrole nitrogens is 1. The summed E-state index contributed by atoms with van der Waals surface area (Å²) in [6.07, 6.45) is 7.45. The molecule has 1 aromatic heterocycles. The van der Waals surface area contributed by atoms with E-state index in [2.05, 4.69) is 29.0 Å². The standard InChI is InChI=1S/C46H56N4O9.H2O4S/c1-8-28-21-29-24-45(41(52)57-6,37-31(15-20-50(55,25-28)26-29)30-13-10-11-14-34(30)47-37)33-22-32-35(23-36(33)56-5)48(4)39-44(32)17-19-49-18-12-16-43(9-2,38(44)49)40(59-27(3)51)46(39,54)42(53)58-7;1-5(2,3)4/h10-14,16,21-23,29,38-40,47,54H,8-9,15,17-20,24-26H2,1-7H3;(H2,1,2,3,4)/t29-,38-,39+,40+,43+,44+,45-,46-,50+;/m0./s1. The van der Waals surface area contributed by atoms with Gasteiger partial charge < -0.3 is 43.8 Å². The van der Waals surface area contributed by atoms with Crippen LogP contribution in [0.2, 0.25) is 0 Å². The van der Waals surface area contributed by atoms with Crippen molar-refractivity contribution >= 4 is 44.9 Å². The SMILES string of the molecule is CCC1=C[C@H]2C[C@](C(=O)OC)(c3cc4c(cc3OC)N(C)[C@H]3[C@@](O)(C(=O)OC)[C@H](OC(C)=O)[C@]5(CC)C=CCN6CC[C@]43[C@@H]65)c3[nH]c4ccccc4c3CC[N@@+]([O-])(C1)C2.O=S(=O)(O)O. The first-order chi connectivity index (χ1) is 30.2. The number of aromatic amines is 1. The van der Waals surface area contributed by atoms with Crippen LogP contribution in [-0.2, 0) is 56.2 Å². The second kappa shape index (κ2) is 16.0. The number of rotatable bonds is 7. The number of aliphatic hydroxyl groups is 1. The van der Waals surface area contributed by atoms with Crippen LogP contribution < -0.4 is 9.64 Å². The molecule has 0 unspecified atom stereocenters. The summed E-state index contributed by atoms with van der Waals surface area (Å²) in [5, 5.41) is 29.0. The van der Waals surface area contributed by atoms with Gasteiger partial charge in [0.05, 0.1) is 40.5 Å². The Morgan fingerprint density at radius 2 is 1.73 bits per heavy atom. The predicted molar refractivity (Wildman–Crippen MR) is 235 cm³/mol. The van der Waals surface area contributed by atoms with E-state index in [1.54, 1.807) is 7.11 Å². The molecular weight excluding hydrogens is 849 g/mol. The molecule has 6 aliphatic rings. The molecule has 64 heavy (non-hydrogen) atoms. The molecule has 18 heteroatoms. The number of methoxy groups -OCH3 is 3. The third kappa shape index (κ3) is 6.61. The zero-order valence-electron chi connectivity index (χ0n) is 37.3. The van der Waals surface area contributed by atoms with Crippen LogP contribution in [0.25, 0.3) is 10.9 Å². The maximum atomic E-state index is 15.3. The number of ether oxygens (including phenoxy) is 4. The number of anilines is 1. The van der Waals surface area contributed by atoms with Crippen LogP contribution in [0.4, 0.5) is 5.69 Å². The van der Waals surface area contributed by atoms with E-state index in [9.17, 15) is 19.9 Å². The summed E-state index contributed by atoms with van der Waals surface area (Å²) >= 11 is 0. The Morgan fingerprint density at radius 1 is 1.03 bits per heavy atom. The summed E-state index contributed by atoms with van der Waals surface area (Å²) in [5.74, 6) is -1.82. The predicted octanol–water partition coefficient (Wildman–Crippen LogP) is 4.16. The molecule has 9 atom stereocenters. The van der Waals surface area contributed by atoms with Crippen molar-refractivity contribution in [2.45, 2.75) is 87.5 Å². The first-order valence-corrected chi connectivity index (χ1v) is 23.1. The van der Waals surface area contributed by atoms with Crippen LogP contribution in [-0.4, -0.2) is 140 Å². The summed E-state index contributed by atoms with van der Waals surface area (Å²) < 4.78 is 55.1. The van der Waals surface area contributed by atoms with Gasteiger partial charge in [0, 0.05) is 83.6 Å². The third-order valence-electron chi connectivity index (χ3n) is 15.3. The molecule has 1 spiro atoms. The van der Waals surface area contributed by atoms with E-state index in [-0.39, 0.29) is 23.0 Å². The van der Waals surface area contributed by atoms with Gasteiger partial charge in [-0.1, -0.05) is 50.3 Å². The number of hydroxylamine groups is 3. The molecule has 2 aromatic carbocycles. The van der Waals surface area contributed by atoms with Gasteiger partial charge in [-0.15, -0.1) is 0 Å². The second-order valence-electron chi connectivity index (χ2n) is 18.3. The maximum Gasteiger partial charge on any atom is 0.394 e. The number of benzene rings is 2. The van der Waals surface area contributed by atoms with Crippen LogP contribution in [0.5, 0.6) is 5.75 Å². The summed E-state index contributed by atoms with van der Waals surface area (Å²) in [6.45, 7) is 7.76. The lowest BCUT2D eigenvalue weighted by molar-refractivity contribution is -0.880. The molecule has 17 nitrogen and oxygen atoms in total. The Kier molecular flexibility index (Phi) is 11.4. The van der Waals surface area contributed by atoms with Gasteiger partial charge in [-0.3, -0.25) is 23.6 Å². The first kappa shape index (κ1) is 45.7. The molecule has 3 aromatic rings. The number of aromatic nitrogens is 1. The number of likely N-dealkylation sites (N-methyl/N-ethyl adjacent to an activating group) is 1. The largest absolute Gasteiger partial charge is 0.633 e. The van der Waals surface area contributed by atoms with Gasteiger partial charge in [-0.05, 0) is 61.1 Å². The lowest BCUT2D eigenvalue weighted by Crippen LogP contribution is -2.81. The molecule has 0 amide bonds. The van der Waals surface area contributed by atoms with Gasteiger partial charge in [0.1, 0.15) is 17.7 Å². The quantitative estimate of drug-likeness (QED) is 0.0652. The fourth-order valence-corrected chi connectivity index (χ4v) is 13.3. The van der Waals surface area contributed by atoms with Crippen LogP contribution in [0, 0.1) is 16.5 Å². The van der Waals surface area contributed by atoms with Crippen molar-refractivity contribution in [3.05, 3.63) is 87.8 Å². The summed E-state index contributed by atoms with van der Waals surface area (Å²) in [6, 6.07) is 10.7. The molecule has 1 aliphatic carbocycles. The molecule has 1 saturated carbocycles. The number of fused-ring (bicyclic) bond motifs is 6. The number of carbonyl (C=O) groups is 3. The minimum atomic E-state index is -4.67. The zero-order valence-corrected chi connectivity index (χ0v) is 38.1. The van der Waals surface area contributed by atoms with E-state index in [4.69, 9.17) is 36.5 Å². The van der Waals surface area contributed by atoms with Crippen LogP contribution in [0.3, 0.4) is 0 Å². The minimum absolute atomic E-state index is 0.241. The highest BCUT2D eigenvalue weighted by Crippen LogP contribution is 2.68. The number of esters is 3. The molecule has 5 aliphatic heterocycles. The lowest BCUT2D eigenvalue weighted by atomic mass is 9.47. The van der Waals surface area contributed by atoms with Crippen molar-refractivity contribution in [3.63, 3.8) is 0 Å². The normalized spacial score (nSPS) is 33.7. The molecule has 346 valence electrons. The van der Waals surface area contributed by atoms with E-state index in [0.29, 0.717) is 69.0 Å². The zero-order chi connectivity index (χ0) is 46.4. The second-order valence-corrected chi connectivity index (χ2v) is 19.2. The summed E-state index contributed by atoms with van der Waals surface area (Å²) in [5.41, 5.74) is -0.0423. The van der Waals surface area contributed by atoms with E-state index < -0.39 is 62.3 Å². The van der Waals surface area contributed by atoms with Crippen LogP contribution in [0.15, 0.2) is 60.2 Å². The fraction of sp³-hybridized carbons (Fsp3) is 0.543. The molecule has 1 saturated heterocycles. The molecule has 0 radical (unpaired) electrons. The Balaban J connectivity index is 0.00000106. The van der Waals surface area contributed by atoms with Crippen molar-refractivity contribution in [2.24, 2.45) is 11.3 Å². The van der Waals surface area contributed by atoms with Gasteiger partial charge in [0.25, 0.3) is 0 Å². The van der Waals surface area contributed by atoms with Crippen molar-refractivity contribution in [2.75, 3.05) is 66.0 Å². The van der Waals surface area contributed by atoms with Gasteiger partial charge in [0.15, 0.2) is 6.10 Å². The molecular formula is C46H58N4O13S. The van der Waals surface area contributed by atoms with Crippen molar-refractivity contribution in [3.8, 4) is 5.75 Å². The fourth-order valence-electron chi connectivity index (χ4n) is 13.3. The van der Waals surface area contributed by atoms with Crippen molar-refractivity contribution in [1.82, 2.24) is 9.88 Å². The number of nitrogens with one attached hydrogen (secondary N) is 1. The average Bonchev–Trinajstić information content (AvgIpc) is 3.92. The summed E-state index contributed by atoms with van der Waals surface area (Å²) in [7, 11) is 1.43. The van der Waals surface area contributed by atoms with Crippen molar-refractivity contribution < 1.29 is 60.6 Å². The van der Waals surface area contributed by atoms with Crippen LogP contribution >= 0.6 is 0 Å². The number of hydrogen-bond acceptors (Lipinski definition) is 13. The Labute approximate surface area is 372 Å². The van der Waals surface area contributed by atoms with Crippen LogP contribution in [0.1, 0.15) is 68.8 Å². The number of para-hydroxylation sites is 1.